The minimum Gasteiger partial charge on any atom is -0.330 e. The third kappa shape index (κ3) is 3.04. The highest BCUT2D eigenvalue weighted by atomic mass is 32.1. The molecule has 0 fully saturated rings. The van der Waals surface area contributed by atoms with E-state index in [0.717, 1.165) is 4.88 Å². The number of hydrogen-bond acceptors (Lipinski definition) is 3. The lowest BCUT2D eigenvalue weighted by Crippen LogP contribution is -2.31. The van der Waals surface area contributed by atoms with Crippen LogP contribution in [-0.4, -0.2) is 11.0 Å². The van der Waals surface area contributed by atoms with Gasteiger partial charge in [0.2, 0.25) is 0 Å². The van der Waals surface area contributed by atoms with Crippen molar-refractivity contribution in [2.45, 2.75) is 13.0 Å². The van der Waals surface area contributed by atoms with Gasteiger partial charge in [0, 0.05) is 11.1 Å². The molecule has 0 saturated heterocycles. The average molecular weight is 265 g/mol. The highest BCUT2D eigenvalue weighted by molar-refractivity contribution is 7.10. The predicted molar refractivity (Wildman–Crippen MR) is 69.1 cm³/mol. The molecule has 6 heteroatoms. The number of anilines is 1. The van der Waals surface area contributed by atoms with Gasteiger partial charge in [-0.1, -0.05) is 6.07 Å². The second-order valence-electron chi connectivity index (χ2n) is 3.67. The number of urea groups is 1. The van der Waals surface area contributed by atoms with Gasteiger partial charge in [-0.2, -0.15) is 0 Å². The third-order valence-corrected chi connectivity index (χ3v) is 3.36. The van der Waals surface area contributed by atoms with Crippen LogP contribution >= 0.6 is 11.3 Å². The topological polar surface area (TPSA) is 54.0 Å². The summed E-state index contributed by atoms with van der Waals surface area (Å²) in [5.74, 6) is -0.634. The Morgan fingerprint density at radius 1 is 1.44 bits per heavy atom. The van der Waals surface area contributed by atoms with E-state index < -0.39 is 11.8 Å². The van der Waals surface area contributed by atoms with Crippen molar-refractivity contribution in [3.63, 3.8) is 0 Å². The molecule has 0 bridgehead atoms. The first-order valence-corrected chi connectivity index (χ1v) is 6.26. The Kier molecular flexibility index (Phi) is 3.88. The number of hydrogen-bond donors (Lipinski definition) is 2. The highest BCUT2D eigenvalue weighted by Gasteiger charge is 2.12. The SMILES string of the molecule is C[C@H](NC(=O)Nc1ncccc1F)c1cccs1. The summed E-state index contributed by atoms with van der Waals surface area (Å²) in [6.45, 7) is 1.86. The Morgan fingerprint density at radius 3 is 2.94 bits per heavy atom. The van der Waals surface area contributed by atoms with Gasteiger partial charge >= 0.3 is 6.03 Å². The molecule has 0 spiro atoms. The van der Waals surface area contributed by atoms with Gasteiger partial charge in [-0.05, 0) is 30.5 Å². The molecule has 0 aliphatic heterocycles. The summed E-state index contributed by atoms with van der Waals surface area (Å²) in [6.07, 6.45) is 1.42. The number of amides is 2. The second kappa shape index (κ2) is 5.59. The van der Waals surface area contributed by atoms with Crippen LogP contribution in [0.5, 0.6) is 0 Å². The van der Waals surface area contributed by atoms with Gasteiger partial charge in [0.25, 0.3) is 0 Å². The fourth-order valence-electron chi connectivity index (χ4n) is 1.43. The molecule has 1 atom stereocenters. The molecule has 0 unspecified atom stereocenters. The molecule has 0 aliphatic rings. The van der Waals surface area contributed by atoms with Crippen molar-refractivity contribution in [1.29, 1.82) is 0 Å². The van der Waals surface area contributed by atoms with Crippen molar-refractivity contribution in [2.24, 2.45) is 0 Å². The van der Waals surface area contributed by atoms with E-state index >= 15 is 0 Å². The Balaban J connectivity index is 1.95. The molecule has 18 heavy (non-hydrogen) atoms. The monoisotopic (exact) mass is 265 g/mol. The number of pyridine rings is 1. The summed E-state index contributed by atoms with van der Waals surface area (Å²) in [6, 6.07) is 5.94. The minimum absolute atomic E-state index is 0.0756. The zero-order valence-corrected chi connectivity index (χ0v) is 10.5. The van der Waals surface area contributed by atoms with Crippen LogP contribution in [0.1, 0.15) is 17.8 Å². The average Bonchev–Trinajstić information content (AvgIpc) is 2.85. The number of carbonyl (C=O) groups excluding carboxylic acids is 1. The summed E-state index contributed by atoms with van der Waals surface area (Å²) in [7, 11) is 0. The number of carbonyl (C=O) groups is 1. The van der Waals surface area contributed by atoms with E-state index in [0.29, 0.717) is 0 Å². The number of nitrogens with one attached hydrogen (secondary N) is 2. The van der Waals surface area contributed by atoms with Crippen molar-refractivity contribution in [3.8, 4) is 0 Å². The quantitative estimate of drug-likeness (QED) is 0.895. The number of thiophene rings is 1. The molecular formula is C12H12FN3OS. The first-order chi connectivity index (χ1) is 8.66. The maximum atomic E-state index is 13.3. The van der Waals surface area contributed by atoms with Crippen molar-refractivity contribution in [1.82, 2.24) is 10.3 Å². The first-order valence-electron chi connectivity index (χ1n) is 5.38. The molecule has 2 aromatic rings. The fraction of sp³-hybridized carbons (Fsp3) is 0.167. The van der Waals surface area contributed by atoms with Crippen molar-refractivity contribution in [3.05, 3.63) is 46.5 Å². The standard InChI is InChI=1S/C12H12FN3OS/c1-8(10-5-3-7-18-10)15-12(17)16-11-9(13)4-2-6-14-11/h2-8H,1H3,(H2,14,15,16,17)/t8-/m0/s1. The normalized spacial score (nSPS) is 11.9. The Morgan fingerprint density at radius 2 is 2.28 bits per heavy atom. The van der Waals surface area contributed by atoms with Gasteiger partial charge in [0.1, 0.15) is 0 Å². The van der Waals surface area contributed by atoms with Crippen LogP contribution in [-0.2, 0) is 0 Å². The van der Waals surface area contributed by atoms with Gasteiger partial charge in [-0.3, -0.25) is 5.32 Å². The van der Waals surface area contributed by atoms with Crippen LogP contribution < -0.4 is 10.6 Å². The lowest BCUT2D eigenvalue weighted by Gasteiger charge is -2.12. The third-order valence-electron chi connectivity index (χ3n) is 2.31. The van der Waals surface area contributed by atoms with Gasteiger partial charge in [0.05, 0.1) is 6.04 Å². The van der Waals surface area contributed by atoms with Crippen LogP contribution in [0.4, 0.5) is 15.0 Å². The molecule has 4 nitrogen and oxygen atoms in total. The largest absolute Gasteiger partial charge is 0.330 e. The molecule has 94 valence electrons. The molecule has 0 aromatic carbocycles. The van der Waals surface area contributed by atoms with E-state index in [9.17, 15) is 9.18 Å². The second-order valence-corrected chi connectivity index (χ2v) is 4.65. The summed E-state index contributed by atoms with van der Waals surface area (Å²) < 4.78 is 13.3. The van der Waals surface area contributed by atoms with E-state index in [1.807, 2.05) is 24.4 Å². The molecule has 2 aromatic heterocycles. The Hall–Kier alpha value is -1.95. The summed E-state index contributed by atoms with van der Waals surface area (Å²) in [5.41, 5.74) is 0. The first kappa shape index (κ1) is 12.5. The van der Waals surface area contributed by atoms with Crippen LogP contribution in [0, 0.1) is 5.82 Å². The molecular weight excluding hydrogens is 253 g/mol. The zero-order chi connectivity index (χ0) is 13.0. The Labute approximate surface area is 108 Å². The molecule has 0 saturated carbocycles. The van der Waals surface area contributed by atoms with Crippen molar-refractivity contribution >= 4 is 23.2 Å². The fourth-order valence-corrected chi connectivity index (χ4v) is 2.16. The van der Waals surface area contributed by atoms with Gasteiger partial charge < -0.3 is 5.32 Å². The number of aromatic nitrogens is 1. The highest BCUT2D eigenvalue weighted by Crippen LogP contribution is 2.18. The van der Waals surface area contributed by atoms with Crippen molar-refractivity contribution < 1.29 is 9.18 Å². The van der Waals surface area contributed by atoms with E-state index in [1.54, 1.807) is 11.3 Å². The maximum Gasteiger partial charge on any atom is 0.320 e. The van der Waals surface area contributed by atoms with Crippen LogP contribution in [0.25, 0.3) is 0 Å². The van der Waals surface area contributed by atoms with E-state index in [1.165, 1.54) is 18.3 Å². The molecule has 2 N–H and O–H groups in total. The van der Waals surface area contributed by atoms with E-state index in [2.05, 4.69) is 15.6 Å². The van der Waals surface area contributed by atoms with Crippen molar-refractivity contribution in [2.75, 3.05) is 5.32 Å². The smallest absolute Gasteiger partial charge is 0.320 e. The summed E-state index contributed by atoms with van der Waals surface area (Å²) in [4.78, 5) is 16.4. The summed E-state index contributed by atoms with van der Waals surface area (Å²) in [5, 5.41) is 7.02. The minimum atomic E-state index is -0.559. The van der Waals surface area contributed by atoms with E-state index in [-0.39, 0.29) is 11.9 Å². The Bertz CT molecular complexity index is 530. The van der Waals surface area contributed by atoms with Crippen LogP contribution in [0.3, 0.4) is 0 Å². The molecule has 2 amide bonds. The van der Waals surface area contributed by atoms with Crippen LogP contribution in [0.2, 0.25) is 0 Å². The number of nitrogens with zero attached hydrogens (tertiary/aromatic N) is 1. The lowest BCUT2D eigenvalue weighted by atomic mass is 10.3. The maximum absolute atomic E-state index is 13.3. The van der Waals surface area contributed by atoms with Crippen LogP contribution in [0.15, 0.2) is 35.8 Å². The number of halogens is 1. The predicted octanol–water partition coefficient (Wildman–Crippen LogP) is 3.16. The molecule has 0 aliphatic carbocycles. The zero-order valence-electron chi connectivity index (χ0n) is 9.68. The van der Waals surface area contributed by atoms with Gasteiger partial charge in [-0.25, -0.2) is 14.2 Å². The molecule has 0 radical (unpaired) electrons. The van der Waals surface area contributed by atoms with E-state index in [4.69, 9.17) is 0 Å². The molecule has 2 heterocycles. The van der Waals surface area contributed by atoms with Gasteiger partial charge in [-0.15, -0.1) is 11.3 Å². The van der Waals surface area contributed by atoms with Gasteiger partial charge in [0.15, 0.2) is 11.6 Å². The number of rotatable bonds is 3. The lowest BCUT2D eigenvalue weighted by molar-refractivity contribution is 0.249. The summed E-state index contributed by atoms with van der Waals surface area (Å²) >= 11 is 1.55. The molecule has 2 rings (SSSR count).